The average Bonchev–Trinajstić information content (AvgIpc) is 2.26. The minimum absolute atomic E-state index is 0.133. The van der Waals surface area contributed by atoms with E-state index in [0.29, 0.717) is 25.6 Å². The van der Waals surface area contributed by atoms with Crippen molar-refractivity contribution in [2.45, 2.75) is 26.4 Å². The van der Waals surface area contributed by atoms with Gasteiger partial charge in [0.1, 0.15) is 12.0 Å². The van der Waals surface area contributed by atoms with Crippen LogP contribution in [0.2, 0.25) is 0 Å². The Kier molecular flexibility index (Phi) is 4.73. The first-order valence-corrected chi connectivity index (χ1v) is 5.27. The van der Waals surface area contributed by atoms with Crippen molar-refractivity contribution in [1.82, 2.24) is 0 Å². The van der Waals surface area contributed by atoms with Gasteiger partial charge in [0.05, 0.1) is 25.9 Å². The van der Waals surface area contributed by atoms with Gasteiger partial charge in [0, 0.05) is 0 Å². The van der Waals surface area contributed by atoms with E-state index in [1.54, 1.807) is 0 Å². The summed E-state index contributed by atoms with van der Waals surface area (Å²) in [5.74, 6) is -0.356. The fourth-order valence-electron chi connectivity index (χ4n) is 1.58. The number of rotatable bonds is 4. The number of carbonyl (C=O) groups excluding carboxylic acids is 1. The molecule has 2 unspecified atom stereocenters. The molecule has 1 rings (SSSR count). The number of nitrogens with zero attached hydrogens (tertiary/aromatic N) is 1. The van der Waals surface area contributed by atoms with Crippen LogP contribution in [0.5, 0.6) is 0 Å². The summed E-state index contributed by atoms with van der Waals surface area (Å²) in [4.78, 5) is 11.8. The smallest absolute Gasteiger partial charge is 0.181 e. The predicted molar refractivity (Wildman–Crippen MR) is 54.1 cm³/mol. The molecule has 0 aromatic heterocycles. The van der Waals surface area contributed by atoms with Crippen LogP contribution in [0.1, 0.15) is 20.3 Å². The summed E-state index contributed by atoms with van der Waals surface area (Å²) in [6, 6.07) is 2.05. The van der Waals surface area contributed by atoms with Crippen molar-refractivity contribution in [3.63, 3.8) is 0 Å². The summed E-state index contributed by atoms with van der Waals surface area (Å²) in [5.41, 5.74) is 0. The third-order valence-corrected chi connectivity index (χ3v) is 2.34. The van der Waals surface area contributed by atoms with E-state index >= 15 is 0 Å². The maximum Gasteiger partial charge on any atom is 0.181 e. The van der Waals surface area contributed by atoms with Crippen LogP contribution in [0.15, 0.2) is 0 Å². The number of ether oxygens (including phenoxy) is 2. The molecule has 4 nitrogen and oxygen atoms in total. The Hall–Kier alpha value is -0.920. The molecule has 1 heterocycles. The second kappa shape index (κ2) is 5.84. The van der Waals surface area contributed by atoms with Gasteiger partial charge in [-0.2, -0.15) is 5.26 Å². The monoisotopic (exact) mass is 211 g/mol. The number of carbonyl (C=O) groups is 1. The SMILES string of the molecule is CC(C)CC(C#N)C(=O)C1COCCO1. The van der Waals surface area contributed by atoms with Gasteiger partial charge in [-0.1, -0.05) is 13.8 Å². The number of Topliss-reactive ketones (excluding diaryl/α,β-unsaturated/α-hetero) is 1. The van der Waals surface area contributed by atoms with Gasteiger partial charge in [-0.25, -0.2) is 0 Å². The van der Waals surface area contributed by atoms with Crippen LogP contribution in [0.3, 0.4) is 0 Å². The molecule has 15 heavy (non-hydrogen) atoms. The molecule has 1 fully saturated rings. The molecule has 84 valence electrons. The predicted octanol–water partition coefficient (Wildman–Crippen LogP) is 1.16. The van der Waals surface area contributed by atoms with E-state index in [4.69, 9.17) is 14.7 Å². The van der Waals surface area contributed by atoms with Crippen LogP contribution in [0.25, 0.3) is 0 Å². The minimum Gasteiger partial charge on any atom is -0.376 e. The fourth-order valence-corrected chi connectivity index (χ4v) is 1.58. The van der Waals surface area contributed by atoms with Crippen molar-refractivity contribution in [2.75, 3.05) is 19.8 Å². The quantitative estimate of drug-likeness (QED) is 0.700. The lowest BCUT2D eigenvalue weighted by atomic mass is 9.92. The lowest BCUT2D eigenvalue weighted by Crippen LogP contribution is -2.39. The number of ketones is 1. The van der Waals surface area contributed by atoms with Crippen LogP contribution >= 0.6 is 0 Å². The van der Waals surface area contributed by atoms with E-state index in [9.17, 15) is 4.79 Å². The fraction of sp³-hybridized carbons (Fsp3) is 0.818. The molecule has 0 aliphatic carbocycles. The van der Waals surface area contributed by atoms with E-state index in [2.05, 4.69) is 0 Å². The minimum atomic E-state index is -0.559. The molecule has 0 spiro atoms. The molecule has 0 saturated carbocycles. The third kappa shape index (κ3) is 3.61. The third-order valence-electron chi connectivity index (χ3n) is 2.34. The Morgan fingerprint density at radius 3 is 2.73 bits per heavy atom. The van der Waals surface area contributed by atoms with Crippen molar-refractivity contribution >= 4 is 5.78 Å². The number of hydrogen-bond donors (Lipinski definition) is 0. The molecular formula is C11H17NO3. The topological polar surface area (TPSA) is 59.3 Å². The molecule has 1 aliphatic rings. The van der Waals surface area contributed by atoms with Crippen LogP contribution in [-0.2, 0) is 14.3 Å². The van der Waals surface area contributed by atoms with Gasteiger partial charge >= 0.3 is 0 Å². The molecule has 4 heteroatoms. The zero-order valence-electron chi connectivity index (χ0n) is 9.23. The first kappa shape index (κ1) is 12.2. The van der Waals surface area contributed by atoms with Gasteiger partial charge < -0.3 is 9.47 Å². The average molecular weight is 211 g/mol. The Bertz CT molecular complexity index is 251. The molecular weight excluding hydrogens is 194 g/mol. The van der Waals surface area contributed by atoms with Crippen LogP contribution in [0, 0.1) is 23.2 Å². The zero-order valence-corrected chi connectivity index (χ0v) is 9.23. The van der Waals surface area contributed by atoms with Gasteiger partial charge in [0.15, 0.2) is 5.78 Å². The summed E-state index contributed by atoms with van der Waals surface area (Å²) in [7, 11) is 0. The second-order valence-corrected chi connectivity index (χ2v) is 4.15. The Balaban J connectivity index is 2.52. The van der Waals surface area contributed by atoms with Crippen molar-refractivity contribution < 1.29 is 14.3 Å². The summed E-state index contributed by atoms with van der Waals surface area (Å²) >= 11 is 0. The van der Waals surface area contributed by atoms with Crippen LogP contribution in [0.4, 0.5) is 0 Å². The second-order valence-electron chi connectivity index (χ2n) is 4.15. The first-order chi connectivity index (χ1) is 7.15. The molecule has 1 saturated heterocycles. The maximum absolute atomic E-state index is 11.8. The summed E-state index contributed by atoms with van der Waals surface area (Å²) in [5, 5.41) is 8.91. The number of hydrogen-bond acceptors (Lipinski definition) is 4. The van der Waals surface area contributed by atoms with E-state index < -0.39 is 12.0 Å². The maximum atomic E-state index is 11.8. The van der Waals surface area contributed by atoms with Gasteiger partial charge in [0.25, 0.3) is 0 Å². The van der Waals surface area contributed by atoms with E-state index in [0.717, 1.165) is 0 Å². The van der Waals surface area contributed by atoms with Gasteiger partial charge in [0.2, 0.25) is 0 Å². The van der Waals surface area contributed by atoms with Crippen LogP contribution < -0.4 is 0 Å². The van der Waals surface area contributed by atoms with E-state index in [1.165, 1.54) is 0 Å². The highest BCUT2D eigenvalue weighted by atomic mass is 16.6. The van der Waals surface area contributed by atoms with Gasteiger partial charge in [-0.15, -0.1) is 0 Å². The van der Waals surface area contributed by atoms with Crippen LogP contribution in [-0.4, -0.2) is 31.7 Å². The van der Waals surface area contributed by atoms with Gasteiger partial charge in [-0.05, 0) is 12.3 Å². The lowest BCUT2D eigenvalue weighted by molar-refractivity contribution is -0.148. The van der Waals surface area contributed by atoms with Crippen molar-refractivity contribution in [1.29, 1.82) is 5.26 Å². The summed E-state index contributed by atoms with van der Waals surface area (Å²) in [6.07, 6.45) is 0.0528. The molecule has 0 aromatic rings. The largest absolute Gasteiger partial charge is 0.376 e. The molecule has 0 radical (unpaired) electrons. The highest BCUT2D eigenvalue weighted by Gasteiger charge is 2.29. The van der Waals surface area contributed by atoms with Crippen molar-refractivity contribution in [2.24, 2.45) is 11.8 Å². The van der Waals surface area contributed by atoms with E-state index in [1.807, 2.05) is 19.9 Å². The highest BCUT2D eigenvalue weighted by Crippen LogP contribution is 2.16. The molecule has 0 N–H and O–H groups in total. The Morgan fingerprint density at radius 1 is 1.53 bits per heavy atom. The molecule has 2 atom stereocenters. The molecule has 0 amide bonds. The Labute approximate surface area is 90.2 Å². The molecule has 0 aromatic carbocycles. The zero-order chi connectivity index (χ0) is 11.3. The Morgan fingerprint density at radius 2 is 2.27 bits per heavy atom. The summed E-state index contributed by atoms with van der Waals surface area (Å²) in [6.45, 7) is 5.25. The van der Waals surface area contributed by atoms with Crippen molar-refractivity contribution in [3.05, 3.63) is 0 Å². The summed E-state index contributed by atoms with van der Waals surface area (Å²) < 4.78 is 10.4. The standard InChI is InChI=1S/C11H17NO3/c1-8(2)5-9(6-12)11(13)10-7-14-3-4-15-10/h8-10H,3-5,7H2,1-2H3. The number of nitriles is 1. The lowest BCUT2D eigenvalue weighted by Gasteiger charge is -2.23. The molecule has 0 bridgehead atoms. The normalized spacial score (nSPS) is 23.5. The first-order valence-electron chi connectivity index (χ1n) is 5.27. The molecule has 1 aliphatic heterocycles. The van der Waals surface area contributed by atoms with Gasteiger partial charge in [-0.3, -0.25) is 4.79 Å². The van der Waals surface area contributed by atoms with E-state index in [-0.39, 0.29) is 12.4 Å². The van der Waals surface area contributed by atoms with Crippen molar-refractivity contribution in [3.8, 4) is 6.07 Å². The highest BCUT2D eigenvalue weighted by molar-refractivity contribution is 5.87.